The Balaban J connectivity index is 1.87. The molecule has 3 aromatic rings. The Hall–Kier alpha value is -2.96. The van der Waals surface area contributed by atoms with Gasteiger partial charge < -0.3 is 16.0 Å². The number of carbonyl (C=O) groups is 2. The molecule has 0 aliphatic heterocycles. The molecule has 0 fully saturated rings. The molecule has 138 valence electrons. The number of carbonyl (C=O) groups excluding carboxylic acids is 2. The SMILES string of the molecule is CN(C)Cc1ccccc1NC(=O)c1cccc(-c2ccsc2C(N)=O)c1. The molecule has 5 nitrogen and oxygen atoms in total. The highest BCUT2D eigenvalue weighted by Gasteiger charge is 2.14. The van der Waals surface area contributed by atoms with Gasteiger partial charge in [-0.15, -0.1) is 11.3 Å². The van der Waals surface area contributed by atoms with Gasteiger partial charge in [0, 0.05) is 23.4 Å². The van der Waals surface area contributed by atoms with Gasteiger partial charge in [0.1, 0.15) is 0 Å². The van der Waals surface area contributed by atoms with E-state index in [1.807, 2.05) is 60.8 Å². The predicted octanol–water partition coefficient (Wildman–Crippen LogP) is 3.83. The molecule has 0 aliphatic rings. The number of benzene rings is 2. The molecule has 2 amide bonds. The maximum absolute atomic E-state index is 12.8. The number of nitrogens with zero attached hydrogens (tertiary/aromatic N) is 1. The number of thiophene rings is 1. The number of primary amides is 1. The smallest absolute Gasteiger partial charge is 0.259 e. The minimum atomic E-state index is -0.465. The van der Waals surface area contributed by atoms with Crippen LogP contribution < -0.4 is 11.1 Å². The Morgan fingerprint density at radius 3 is 2.59 bits per heavy atom. The lowest BCUT2D eigenvalue weighted by molar-refractivity contribution is 0.100. The zero-order chi connectivity index (χ0) is 19.4. The van der Waals surface area contributed by atoms with Crippen LogP contribution >= 0.6 is 11.3 Å². The van der Waals surface area contributed by atoms with Crippen molar-refractivity contribution in [2.75, 3.05) is 19.4 Å². The van der Waals surface area contributed by atoms with Crippen molar-refractivity contribution < 1.29 is 9.59 Å². The van der Waals surface area contributed by atoms with Crippen molar-refractivity contribution in [1.82, 2.24) is 4.90 Å². The summed E-state index contributed by atoms with van der Waals surface area (Å²) in [5.74, 6) is -0.661. The summed E-state index contributed by atoms with van der Waals surface area (Å²) in [6.07, 6.45) is 0. The number of amides is 2. The normalized spacial score (nSPS) is 10.8. The zero-order valence-electron chi connectivity index (χ0n) is 15.2. The van der Waals surface area contributed by atoms with Crippen LogP contribution in [-0.2, 0) is 6.54 Å². The van der Waals surface area contributed by atoms with Crippen LogP contribution in [0.5, 0.6) is 0 Å². The van der Waals surface area contributed by atoms with E-state index in [4.69, 9.17) is 5.73 Å². The molecule has 6 heteroatoms. The largest absolute Gasteiger partial charge is 0.365 e. The maximum Gasteiger partial charge on any atom is 0.259 e. The molecule has 27 heavy (non-hydrogen) atoms. The first-order chi connectivity index (χ1) is 13.0. The van der Waals surface area contributed by atoms with E-state index in [9.17, 15) is 9.59 Å². The Morgan fingerprint density at radius 2 is 1.85 bits per heavy atom. The molecule has 0 atom stereocenters. The minimum absolute atomic E-state index is 0.195. The maximum atomic E-state index is 12.8. The summed E-state index contributed by atoms with van der Waals surface area (Å²) in [7, 11) is 3.97. The number of nitrogens with one attached hydrogen (secondary N) is 1. The van der Waals surface area contributed by atoms with E-state index >= 15 is 0 Å². The first-order valence-electron chi connectivity index (χ1n) is 8.47. The third-order valence-electron chi connectivity index (χ3n) is 4.08. The van der Waals surface area contributed by atoms with Gasteiger partial charge in [-0.3, -0.25) is 9.59 Å². The van der Waals surface area contributed by atoms with Crippen LogP contribution in [0.1, 0.15) is 25.6 Å². The molecule has 1 heterocycles. The summed E-state index contributed by atoms with van der Waals surface area (Å²) in [6.45, 7) is 0.730. The van der Waals surface area contributed by atoms with Gasteiger partial charge >= 0.3 is 0 Å². The highest BCUT2D eigenvalue weighted by atomic mass is 32.1. The lowest BCUT2D eigenvalue weighted by Gasteiger charge is -2.15. The summed E-state index contributed by atoms with van der Waals surface area (Å²) in [5, 5.41) is 4.81. The van der Waals surface area contributed by atoms with Gasteiger partial charge in [0.2, 0.25) is 0 Å². The number of anilines is 1. The van der Waals surface area contributed by atoms with E-state index in [2.05, 4.69) is 5.32 Å². The highest BCUT2D eigenvalue weighted by Crippen LogP contribution is 2.29. The molecular weight excluding hydrogens is 358 g/mol. The summed E-state index contributed by atoms with van der Waals surface area (Å²) < 4.78 is 0. The van der Waals surface area contributed by atoms with Crippen LogP contribution in [0.25, 0.3) is 11.1 Å². The molecule has 3 rings (SSSR count). The molecule has 0 aliphatic carbocycles. The summed E-state index contributed by atoms with van der Waals surface area (Å²) in [5.41, 5.74) is 9.33. The van der Waals surface area contributed by atoms with Crippen molar-refractivity contribution in [3.63, 3.8) is 0 Å². The van der Waals surface area contributed by atoms with Crippen LogP contribution in [0, 0.1) is 0 Å². The van der Waals surface area contributed by atoms with E-state index in [0.717, 1.165) is 28.9 Å². The minimum Gasteiger partial charge on any atom is -0.365 e. The molecule has 0 bridgehead atoms. The summed E-state index contributed by atoms with van der Waals surface area (Å²) in [4.78, 5) is 26.9. The Bertz CT molecular complexity index is 979. The Labute approximate surface area is 162 Å². The number of rotatable bonds is 6. The third-order valence-corrected chi connectivity index (χ3v) is 5.01. The van der Waals surface area contributed by atoms with Crippen molar-refractivity contribution in [2.45, 2.75) is 6.54 Å². The average molecular weight is 379 g/mol. The van der Waals surface area contributed by atoms with Crippen LogP contribution in [0.4, 0.5) is 5.69 Å². The van der Waals surface area contributed by atoms with Gasteiger partial charge in [-0.05, 0) is 54.9 Å². The van der Waals surface area contributed by atoms with E-state index in [1.54, 1.807) is 18.2 Å². The van der Waals surface area contributed by atoms with E-state index in [0.29, 0.717) is 10.4 Å². The summed E-state index contributed by atoms with van der Waals surface area (Å²) >= 11 is 1.30. The second-order valence-corrected chi connectivity index (χ2v) is 7.37. The molecule has 1 aromatic heterocycles. The van der Waals surface area contributed by atoms with Gasteiger partial charge in [0.15, 0.2) is 0 Å². The average Bonchev–Trinajstić information content (AvgIpc) is 3.13. The molecule has 0 saturated carbocycles. The van der Waals surface area contributed by atoms with Gasteiger partial charge in [0.25, 0.3) is 11.8 Å². The standard InChI is InChI=1S/C21H21N3O2S/c1-24(2)13-16-6-3-4-9-18(16)23-21(26)15-8-5-7-14(12-15)17-10-11-27-19(17)20(22)25/h3-12H,13H2,1-2H3,(H2,22,25)(H,23,26). The van der Waals surface area contributed by atoms with E-state index < -0.39 is 5.91 Å². The Kier molecular flexibility index (Phi) is 5.69. The van der Waals surface area contributed by atoms with Crippen LogP contribution in [0.2, 0.25) is 0 Å². The van der Waals surface area contributed by atoms with Crippen molar-refractivity contribution in [2.24, 2.45) is 5.73 Å². The van der Waals surface area contributed by atoms with Crippen LogP contribution in [-0.4, -0.2) is 30.8 Å². The lowest BCUT2D eigenvalue weighted by atomic mass is 10.0. The van der Waals surface area contributed by atoms with Crippen LogP contribution in [0.3, 0.4) is 0 Å². The predicted molar refractivity (Wildman–Crippen MR) is 110 cm³/mol. The number of hydrogen-bond acceptors (Lipinski definition) is 4. The molecule has 2 aromatic carbocycles. The number of para-hydroxylation sites is 1. The molecule has 0 saturated heterocycles. The fourth-order valence-electron chi connectivity index (χ4n) is 2.87. The second kappa shape index (κ2) is 8.16. The van der Waals surface area contributed by atoms with Crippen molar-refractivity contribution in [3.05, 3.63) is 76.0 Å². The van der Waals surface area contributed by atoms with E-state index in [1.165, 1.54) is 11.3 Å². The topological polar surface area (TPSA) is 75.4 Å². The molecular formula is C21H21N3O2S. The number of hydrogen-bond donors (Lipinski definition) is 2. The summed E-state index contributed by atoms with van der Waals surface area (Å²) in [6, 6.07) is 16.8. The van der Waals surface area contributed by atoms with Gasteiger partial charge in [0.05, 0.1) is 4.88 Å². The highest BCUT2D eigenvalue weighted by molar-refractivity contribution is 7.12. The van der Waals surface area contributed by atoms with Crippen molar-refractivity contribution >= 4 is 28.8 Å². The first kappa shape index (κ1) is 18.8. The van der Waals surface area contributed by atoms with Gasteiger partial charge in [-0.2, -0.15) is 0 Å². The molecule has 0 spiro atoms. The second-order valence-electron chi connectivity index (χ2n) is 6.46. The third kappa shape index (κ3) is 4.42. The lowest BCUT2D eigenvalue weighted by Crippen LogP contribution is -2.16. The van der Waals surface area contributed by atoms with E-state index in [-0.39, 0.29) is 5.91 Å². The van der Waals surface area contributed by atoms with Gasteiger partial charge in [-0.1, -0.05) is 30.3 Å². The quantitative estimate of drug-likeness (QED) is 0.683. The van der Waals surface area contributed by atoms with Crippen molar-refractivity contribution in [3.8, 4) is 11.1 Å². The molecule has 3 N–H and O–H groups in total. The van der Waals surface area contributed by atoms with Crippen LogP contribution in [0.15, 0.2) is 60.0 Å². The van der Waals surface area contributed by atoms with Crippen molar-refractivity contribution in [1.29, 1.82) is 0 Å². The first-order valence-corrected chi connectivity index (χ1v) is 9.35. The zero-order valence-corrected chi connectivity index (χ0v) is 16.0. The molecule has 0 unspecified atom stereocenters. The fourth-order valence-corrected chi connectivity index (χ4v) is 3.64. The molecule has 0 radical (unpaired) electrons. The monoisotopic (exact) mass is 379 g/mol. The Morgan fingerprint density at radius 1 is 1.07 bits per heavy atom. The van der Waals surface area contributed by atoms with Gasteiger partial charge in [-0.25, -0.2) is 0 Å². The fraction of sp³-hybridized carbons (Fsp3) is 0.143. The number of nitrogens with two attached hydrogens (primary N) is 1.